The van der Waals surface area contributed by atoms with Gasteiger partial charge >= 0.3 is 0 Å². The van der Waals surface area contributed by atoms with Crippen LogP contribution in [0.2, 0.25) is 0 Å². The lowest BCUT2D eigenvalue weighted by Crippen LogP contribution is -2.52. The van der Waals surface area contributed by atoms with E-state index >= 15 is 0 Å². The molecule has 8 nitrogen and oxygen atoms in total. The lowest BCUT2D eigenvalue weighted by atomic mass is 9.93. The van der Waals surface area contributed by atoms with Gasteiger partial charge in [0.05, 0.1) is 25.8 Å². The van der Waals surface area contributed by atoms with Gasteiger partial charge in [-0.3, -0.25) is 9.80 Å². The normalized spacial score (nSPS) is 24.6. The average molecular weight is 441 g/mol. The largest absolute Gasteiger partial charge is 0.497 e. The van der Waals surface area contributed by atoms with Crippen molar-refractivity contribution in [3.05, 3.63) is 35.7 Å². The molecule has 2 saturated heterocycles. The van der Waals surface area contributed by atoms with Crippen LogP contribution in [0.25, 0.3) is 0 Å². The second-order valence-electron chi connectivity index (χ2n) is 9.39. The summed E-state index contributed by atoms with van der Waals surface area (Å²) in [6.45, 7) is 5.85. The Bertz CT molecular complexity index is 836. The lowest BCUT2D eigenvalue weighted by Gasteiger charge is -2.43. The van der Waals surface area contributed by atoms with Crippen LogP contribution in [0.3, 0.4) is 0 Å². The van der Waals surface area contributed by atoms with Crippen molar-refractivity contribution < 1.29 is 9.47 Å². The van der Waals surface area contributed by atoms with E-state index in [4.69, 9.17) is 9.47 Å². The minimum atomic E-state index is 0.0332. The zero-order valence-electron chi connectivity index (χ0n) is 19.2. The molecule has 0 amide bonds. The molecule has 5 rings (SSSR count). The number of hydrogen-bond acceptors (Lipinski definition) is 7. The molecule has 0 spiro atoms. The Hall–Kier alpha value is -2.03. The van der Waals surface area contributed by atoms with Gasteiger partial charge in [-0.1, -0.05) is 31.4 Å². The first-order chi connectivity index (χ1) is 15.8. The molecule has 0 N–H and O–H groups in total. The average Bonchev–Trinajstić information content (AvgIpc) is 3.54. The number of tetrazole rings is 1. The SMILES string of the molecule is COc1ccc([C@@H](c2nnnn2C[C@H]2CCCO2)N2CCN(C3CCCCC3)CC2)cc1. The summed E-state index contributed by atoms with van der Waals surface area (Å²) >= 11 is 0. The number of rotatable bonds is 7. The second-order valence-corrected chi connectivity index (χ2v) is 9.39. The van der Waals surface area contributed by atoms with E-state index in [1.165, 1.54) is 37.7 Å². The number of ether oxygens (including phenoxy) is 2. The first-order valence-corrected chi connectivity index (χ1v) is 12.3. The molecule has 3 aliphatic rings. The quantitative estimate of drug-likeness (QED) is 0.656. The van der Waals surface area contributed by atoms with Crippen molar-refractivity contribution in [2.45, 2.75) is 69.7 Å². The fourth-order valence-electron chi connectivity index (χ4n) is 5.63. The fourth-order valence-corrected chi connectivity index (χ4v) is 5.63. The predicted molar refractivity (Wildman–Crippen MR) is 122 cm³/mol. The van der Waals surface area contributed by atoms with Crippen LogP contribution in [0.15, 0.2) is 24.3 Å². The van der Waals surface area contributed by atoms with Gasteiger partial charge in [0.15, 0.2) is 5.82 Å². The molecule has 32 heavy (non-hydrogen) atoms. The smallest absolute Gasteiger partial charge is 0.173 e. The summed E-state index contributed by atoms with van der Waals surface area (Å²) < 4.78 is 13.2. The van der Waals surface area contributed by atoms with Crippen molar-refractivity contribution in [3.63, 3.8) is 0 Å². The van der Waals surface area contributed by atoms with Crippen LogP contribution in [0.4, 0.5) is 0 Å². The molecule has 8 heteroatoms. The van der Waals surface area contributed by atoms with Gasteiger partial charge in [-0.15, -0.1) is 5.10 Å². The van der Waals surface area contributed by atoms with E-state index in [-0.39, 0.29) is 12.1 Å². The zero-order chi connectivity index (χ0) is 21.8. The van der Waals surface area contributed by atoms with Crippen molar-refractivity contribution in [1.29, 1.82) is 0 Å². The van der Waals surface area contributed by atoms with E-state index in [0.717, 1.165) is 69.8 Å². The monoisotopic (exact) mass is 440 g/mol. The molecule has 174 valence electrons. The molecular formula is C24H36N6O2. The van der Waals surface area contributed by atoms with E-state index in [2.05, 4.69) is 37.5 Å². The molecular weight excluding hydrogens is 404 g/mol. The van der Waals surface area contributed by atoms with Crippen LogP contribution in [0.1, 0.15) is 62.4 Å². The highest BCUT2D eigenvalue weighted by Gasteiger charge is 2.33. The van der Waals surface area contributed by atoms with E-state index in [9.17, 15) is 0 Å². The molecule has 3 heterocycles. The van der Waals surface area contributed by atoms with Gasteiger partial charge in [0.25, 0.3) is 0 Å². The molecule has 1 aromatic carbocycles. The third kappa shape index (κ3) is 4.82. The highest BCUT2D eigenvalue weighted by atomic mass is 16.5. The number of methoxy groups -OCH3 is 1. The standard InChI is InChI=1S/C24H36N6O2/c1-31-21-11-9-19(10-12-21)23(24-25-26-27-30(24)18-22-8-5-17-32-22)29-15-13-28(14-16-29)20-6-3-2-4-7-20/h9-12,20,22-23H,2-8,13-18H2,1H3/t22-,23+/m1/s1. The van der Waals surface area contributed by atoms with E-state index < -0.39 is 0 Å². The summed E-state index contributed by atoms with van der Waals surface area (Å²) in [6, 6.07) is 9.19. The third-order valence-electron chi connectivity index (χ3n) is 7.44. The molecule has 1 aliphatic carbocycles. The number of piperazine rings is 1. The molecule has 3 fully saturated rings. The lowest BCUT2D eigenvalue weighted by molar-refractivity contribution is 0.0595. The first kappa shape index (κ1) is 21.8. The molecule has 0 unspecified atom stereocenters. The van der Waals surface area contributed by atoms with Gasteiger partial charge in [-0.05, 0) is 53.8 Å². The predicted octanol–water partition coefficient (Wildman–Crippen LogP) is 2.90. The van der Waals surface area contributed by atoms with Crippen molar-refractivity contribution in [3.8, 4) is 5.75 Å². The maximum absolute atomic E-state index is 5.87. The summed E-state index contributed by atoms with van der Waals surface area (Å²) in [7, 11) is 1.71. The summed E-state index contributed by atoms with van der Waals surface area (Å²) in [5.41, 5.74) is 1.21. The van der Waals surface area contributed by atoms with Crippen LogP contribution in [-0.4, -0.2) is 82.0 Å². The minimum Gasteiger partial charge on any atom is -0.497 e. The Balaban J connectivity index is 1.36. The van der Waals surface area contributed by atoms with Crippen molar-refractivity contribution in [2.24, 2.45) is 0 Å². The Morgan fingerprint density at radius 1 is 1.00 bits per heavy atom. The highest BCUT2D eigenvalue weighted by Crippen LogP contribution is 2.31. The molecule has 0 bridgehead atoms. The van der Waals surface area contributed by atoms with Crippen LogP contribution in [0.5, 0.6) is 5.75 Å². The van der Waals surface area contributed by atoms with Crippen LogP contribution in [-0.2, 0) is 11.3 Å². The molecule has 0 radical (unpaired) electrons. The number of benzene rings is 1. The number of hydrogen-bond donors (Lipinski definition) is 0. The maximum Gasteiger partial charge on any atom is 0.173 e. The van der Waals surface area contributed by atoms with Gasteiger partial charge in [0.2, 0.25) is 0 Å². The highest BCUT2D eigenvalue weighted by molar-refractivity contribution is 5.32. The zero-order valence-corrected chi connectivity index (χ0v) is 19.2. The number of nitrogens with zero attached hydrogens (tertiary/aromatic N) is 6. The summed E-state index contributed by atoms with van der Waals surface area (Å²) in [6.07, 6.45) is 9.30. The van der Waals surface area contributed by atoms with Crippen molar-refractivity contribution in [2.75, 3.05) is 39.9 Å². The van der Waals surface area contributed by atoms with Crippen LogP contribution < -0.4 is 4.74 Å². The Kier molecular flexibility index (Phi) is 7.00. The Morgan fingerprint density at radius 2 is 1.78 bits per heavy atom. The van der Waals surface area contributed by atoms with E-state index in [1.807, 2.05) is 16.8 Å². The van der Waals surface area contributed by atoms with Crippen molar-refractivity contribution >= 4 is 0 Å². The molecule has 2 atom stereocenters. The Morgan fingerprint density at radius 3 is 2.47 bits per heavy atom. The van der Waals surface area contributed by atoms with Crippen molar-refractivity contribution in [1.82, 2.24) is 30.0 Å². The number of aromatic nitrogens is 4. The summed E-state index contributed by atoms with van der Waals surface area (Å²) in [5.74, 6) is 1.78. The van der Waals surface area contributed by atoms with E-state index in [1.54, 1.807) is 7.11 Å². The topological polar surface area (TPSA) is 68.5 Å². The molecule has 2 aliphatic heterocycles. The molecule has 1 aromatic heterocycles. The van der Waals surface area contributed by atoms with E-state index in [0.29, 0.717) is 0 Å². The Labute approximate surface area is 190 Å². The van der Waals surface area contributed by atoms with Gasteiger partial charge < -0.3 is 9.47 Å². The van der Waals surface area contributed by atoms with Gasteiger partial charge in [-0.25, -0.2) is 4.68 Å². The summed E-state index contributed by atoms with van der Waals surface area (Å²) in [5, 5.41) is 13.0. The van der Waals surface area contributed by atoms with Gasteiger partial charge in [0, 0.05) is 38.8 Å². The molecule has 1 saturated carbocycles. The maximum atomic E-state index is 5.87. The fraction of sp³-hybridized carbons (Fsp3) is 0.708. The van der Waals surface area contributed by atoms with Crippen LogP contribution >= 0.6 is 0 Å². The first-order valence-electron chi connectivity index (χ1n) is 12.3. The minimum absolute atomic E-state index is 0.0332. The van der Waals surface area contributed by atoms with Gasteiger partial charge in [0.1, 0.15) is 5.75 Å². The third-order valence-corrected chi connectivity index (χ3v) is 7.44. The van der Waals surface area contributed by atoms with Gasteiger partial charge in [-0.2, -0.15) is 0 Å². The second kappa shape index (κ2) is 10.3. The molecule has 2 aromatic rings. The van der Waals surface area contributed by atoms with Crippen LogP contribution in [0, 0.1) is 0 Å². The summed E-state index contributed by atoms with van der Waals surface area (Å²) in [4.78, 5) is 5.27.